The van der Waals surface area contributed by atoms with E-state index in [9.17, 15) is 14.3 Å². The van der Waals surface area contributed by atoms with E-state index in [1.807, 2.05) is 0 Å². The van der Waals surface area contributed by atoms with Crippen LogP contribution in [-0.2, 0) is 6.42 Å². The molecule has 0 fully saturated rings. The van der Waals surface area contributed by atoms with E-state index in [-0.39, 0.29) is 29.7 Å². The summed E-state index contributed by atoms with van der Waals surface area (Å²) in [6.45, 7) is 1.80. The lowest BCUT2D eigenvalue weighted by Gasteiger charge is -2.28. The zero-order valence-corrected chi connectivity index (χ0v) is 16.1. The van der Waals surface area contributed by atoms with Crippen LogP contribution in [0.5, 0.6) is 17.2 Å². The third kappa shape index (κ3) is 3.45. The standard InChI is InChI=1S/C20H22FN3O4/c1-12-9-16-13(10-17(27-3)19(28-4)18(16)21)11-22-24(12)20(26)23(2)14-5-7-15(25)8-6-14/h5-8,10-12,25H,9H2,1-4H3. The van der Waals surface area contributed by atoms with Crippen LogP contribution in [-0.4, -0.2) is 49.7 Å². The molecule has 1 aliphatic heterocycles. The van der Waals surface area contributed by atoms with Crippen molar-refractivity contribution >= 4 is 17.9 Å². The average molecular weight is 387 g/mol. The number of nitrogens with zero attached hydrogens (tertiary/aromatic N) is 3. The van der Waals surface area contributed by atoms with Crippen LogP contribution < -0.4 is 14.4 Å². The summed E-state index contributed by atoms with van der Waals surface area (Å²) in [5.41, 5.74) is 1.54. The fourth-order valence-corrected chi connectivity index (χ4v) is 3.13. The number of carbonyl (C=O) groups is 1. The minimum absolute atomic E-state index is 0.0304. The number of carbonyl (C=O) groups excluding carboxylic acids is 1. The number of ether oxygens (including phenoxy) is 2. The Bertz CT molecular complexity index is 915. The normalized spacial score (nSPS) is 15.6. The van der Waals surface area contributed by atoms with Crippen molar-refractivity contribution in [2.45, 2.75) is 19.4 Å². The van der Waals surface area contributed by atoms with E-state index in [0.29, 0.717) is 16.8 Å². The van der Waals surface area contributed by atoms with Crippen molar-refractivity contribution < 1.29 is 23.8 Å². The molecule has 2 aromatic carbocycles. The van der Waals surface area contributed by atoms with Gasteiger partial charge in [0.1, 0.15) is 5.75 Å². The van der Waals surface area contributed by atoms with Crippen molar-refractivity contribution in [1.82, 2.24) is 5.01 Å². The largest absolute Gasteiger partial charge is 0.508 e. The van der Waals surface area contributed by atoms with E-state index in [4.69, 9.17) is 9.47 Å². The first-order chi connectivity index (χ1) is 13.4. The Labute approximate surface area is 162 Å². The summed E-state index contributed by atoms with van der Waals surface area (Å²) in [6.07, 6.45) is 1.71. The van der Waals surface area contributed by atoms with Gasteiger partial charge in [-0.15, -0.1) is 0 Å². The molecule has 3 rings (SSSR count). The van der Waals surface area contributed by atoms with Crippen molar-refractivity contribution in [2.75, 3.05) is 26.2 Å². The number of hydrogen-bond acceptors (Lipinski definition) is 5. The van der Waals surface area contributed by atoms with Gasteiger partial charge in [0.25, 0.3) is 0 Å². The highest BCUT2D eigenvalue weighted by atomic mass is 19.1. The predicted molar refractivity (Wildman–Crippen MR) is 104 cm³/mol. The number of urea groups is 1. The molecule has 8 heteroatoms. The number of hydrogen-bond donors (Lipinski definition) is 1. The first-order valence-electron chi connectivity index (χ1n) is 8.70. The van der Waals surface area contributed by atoms with Gasteiger partial charge in [-0.05, 0) is 43.7 Å². The quantitative estimate of drug-likeness (QED) is 0.876. The fraction of sp³-hybridized carbons (Fsp3) is 0.300. The third-order valence-corrected chi connectivity index (χ3v) is 4.71. The molecule has 1 N–H and O–H groups in total. The monoisotopic (exact) mass is 387 g/mol. The Balaban J connectivity index is 1.92. The van der Waals surface area contributed by atoms with Gasteiger partial charge in [-0.25, -0.2) is 14.2 Å². The minimum Gasteiger partial charge on any atom is -0.508 e. The van der Waals surface area contributed by atoms with Gasteiger partial charge in [-0.2, -0.15) is 5.10 Å². The Kier molecular flexibility index (Phi) is 5.39. The fourth-order valence-electron chi connectivity index (χ4n) is 3.13. The van der Waals surface area contributed by atoms with Gasteiger partial charge < -0.3 is 14.6 Å². The smallest absolute Gasteiger partial charge is 0.344 e. The second kappa shape index (κ2) is 7.75. The van der Waals surface area contributed by atoms with Gasteiger partial charge in [0.2, 0.25) is 0 Å². The number of aromatic hydroxyl groups is 1. The molecule has 2 aromatic rings. The lowest BCUT2D eigenvalue weighted by molar-refractivity contribution is 0.190. The molecule has 0 radical (unpaired) electrons. The number of phenolic OH excluding ortho intramolecular Hbond substituents is 1. The molecule has 0 aromatic heterocycles. The maximum atomic E-state index is 14.9. The van der Waals surface area contributed by atoms with E-state index in [0.717, 1.165) is 0 Å². The van der Waals surface area contributed by atoms with E-state index >= 15 is 0 Å². The molecule has 1 atom stereocenters. The van der Waals surface area contributed by atoms with E-state index in [2.05, 4.69) is 5.10 Å². The Hall–Kier alpha value is -3.29. The second-order valence-electron chi connectivity index (χ2n) is 6.49. The highest BCUT2D eigenvalue weighted by molar-refractivity contribution is 5.93. The van der Waals surface area contributed by atoms with Gasteiger partial charge in [0, 0.05) is 23.9 Å². The number of hydrazone groups is 1. The molecule has 0 saturated carbocycles. The van der Waals surface area contributed by atoms with Gasteiger partial charge >= 0.3 is 6.03 Å². The predicted octanol–water partition coefficient (Wildman–Crippen LogP) is 3.39. The maximum absolute atomic E-state index is 14.9. The molecule has 0 spiro atoms. The zero-order chi connectivity index (χ0) is 20.4. The molecular formula is C20H22FN3O4. The van der Waals surface area contributed by atoms with Gasteiger partial charge in [0.15, 0.2) is 17.3 Å². The number of amides is 2. The maximum Gasteiger partial charge on any atom is 0.344 e. The Morgan fingerprint density at radius 3 is 2.57 bits per heavy atom. The first kappa shape index (κ1) is 19.5. The summed E-state index contributed by atoms with van der Waals surface area (Å²) in [5, 5.41) is 15.0. The van der Waals surface area contributed by atoms with Gasteiger partial charge in [-0.3, -0.25) is 4.90 Å². The van der Waals surface area contributed by atoms with Crippen molar-refractivity contribution in [3.8, 4) is 17.2 Å². The summed E-state index contributed by atoms with van der Waals surface area (Å²) in [7, 11) is 4.42. The summed E-state index contributed by atoms with van der Waals surface area (Å²) >= 11 is 0. The molecule has 1 heterocycles. The molecule has 28 heavy (non-hydrogen) atoms. The summed E-state index contributed by atoms with van der Waals surface area (Å²) in [4.78, 5) is 14.4. The highest BCUT2D eigenvalue weighted by Crippen LogP contribution is 2.36. The Morgan fingerprint density at radius 2 is 1.96 bits per heavy atom. The van der Waals surface area contributed by atoms with Gasteiger partial charge in [0.05, 0.1) is 26.5 Å². The van der Waals surface area contributed by atoms with E-state index in [1.165, 1.54) is 42.5 Å². The van der Waals surface area contributed by atoms with E-state index in [1.54, 1.807) is 32.2 Å². The van der Waals surface area contributed by atoms with Crippen LogP contribution in [0.25, 0.3) is 0 Å². The minimum atomic E-state index is -0.517. The van der Waals surface area contributed by atoms with Crippen molar-refractivity contribution in [3.05, 3.63) is 47.3 Å². The summed E-state index contributed by atoms with van der Waals surface area (Å²) < 4.78 is 25.3. The number of methoxy groups -OCH3 is 2. The highest BCUT2D eigenvalue weighted by Gasteiger charge is 2.29. The average Bonchev–Trinajstić information content (AvgIpc) is 2.86. The molecule has 0 bridgehead atoms. The molecule has 7 nitrogen and oxygen atoms in total. The van der Waals surface area contributed by atoms with Crippen LogP contribution in [0.15, 0.2) is 35.4 Å². The van der Waals surface area contributed by atoms with Gasteiger partial charge in [-0.1, -0.05) is 0 Å². The van der Waals surface area contributed by atoms with Crippen LogP contribution in [0.1, 0.15) is 18.1 Å². The Morgan fingerprint density at radius 1 is 1.29 bits per heavy atom. The molecule has 148 valence electrons. The van der Waals surface area contributed by atoms with Crippen molar-refractivity contribution in [2.24, 2.45) is 5.10 Å². The lowest BCUT2D eigenvalue weighted by atomic mass is 10.00. The number of fused-ring (bicyclic) bond motifs is 1. The lowest BCUT2D eigenvalue weighted by Crippen LogP contribution is -2.43. The third-order valence-electron chi connectivity index (χ3n) is 4.71. The van der Waals surface area contributed by atoms with Crippen LogP contribution in [0.4, 0.5) is 14.9 Å². The molecule has 0 saturated heterocycles. The number of benzene rings is 2. The topological polar surface area (TPSA) is 74.6 Å². The number of phenols is 1. The summed E-state index contributed by atoms with van der Waals surface area (Å²) in [6, 6.07) is 7.13. The van der Waals surface area contributed by atoms with Crippen molar-refractivity contribution in [1.29, 1.82) is 0 Å². The first-order valence-corrected chi connectivity index (χ1v) is 8.70. The zero-order valence-electron chi connectivity index (χ0n) is 16.1. The van der Waals surface area contributed by atoms with Crippen LogP contribution in [0.2, 0.25) is 0 Å². The number of halogens is 1. The van der Waals surface area contributed by atoms with Crippen LogP contribution in [0.3, 0.4) is 0 Å². The van der Waals surface area contributed by atoms with E-state index < -0.39 is 11.9 Å². The molecule has 1 unspecified atom stereocenters. The number of rotatable bonds is 3. The SMILES string of the molecule is COc1cc2c(c(F)c1OC)CC(C)N(C(=O)N(C)c1ccc(O)cc1)N=C2. The molecular weight excluding hydrogens is 365 g/mol. The number of anilines is 1. The molecule has 1 aliphatic rings. The molecule has 0 aliphatic carbocycles. The summed E-state index contributed by atoms with van der Waals surface area (Å²) in [5.74, 6) is -0.113. The van der Waals surface area contributed by atoms with Crippen LogP contribution >= 0.6 is 0 Å². The van der Waals surface area contributed by atoms with Crippen LogP contribution in [0, 0.1) is 5.82 Å². The molecule has 2 amide bonds. The van der Waals surface area contributed by atoms with Crippen molar-refractivity contribution in [3.63, 3.8) is 0 Å². The second-order valence-corrected chi connectivity index (χ2v) is 6.49.